The summed E-state index contributed by atoms with van der Waals surface area (Å²) in [4.78, 5) is 6.94. The fourth-order valence-electron chi connectivity index (χ4n) is 2.74. The van der Waals surface area contributed by atoms with Gasteiger partial charge in [-0.25, -0.2) is 0 Å². The van der Waals surface area contributed by atoms with Crippen molar-refractivity contribution in [2.75, 3.05) is 27.2 Å². The van der Waals surface area contributed by atoms with Gasteiger partial charge in [0.2, 0.25) is 0 Å². The van der Waals surface area contributed by atoms with Crippen molar-refractivity contribution >= 4 is 5.96 Å². The topological polar surface area (TPSA) is 41.8 Å². The maximum atomic E-state index is 5.28. The van der Waals surface area contributed by atoms with E-state index in [1.54, 1.807) is 7.11 Å². The molecule has 25 heavy (non-hydrogen) atoms. The molecule has 1 aromatic heterocycles. The number of rotatable bonds is 8. The minimum Gasteiger partial charge on any atom is -0.497 e. The van der Waals surface area contributed by atoms with Crippen molar-refractivity contribution < 1.29 is 4.74 Å². The minimum atomic E-state index is 0.803. The molecular formula is C20H30N4O. The zero-order valence-electron chi connectivity index (χ0n) is 15.8. The smallest absolute Gasteiger partial charge is 0.194 e. The molecule has 5 heteroatoms. The maximum Gasteiger partial charge on any atom is 0.194 e. The molecule has 0 atom stereocenters. The minimum absolute atomic E-state index is 0.803. The van der Waals surface area contributed by atoms with Crippen molar-refractivity contribution in [3.05, 3.63) is 53.9 Å². The molecule has 1 N–H and O–H groups in total. The predicted octanol–water partition coefficient (Wildman–Crippen LogP) is 3.06. The van der Waals surface area contributed by atoms with E-state index in [-0.39, 0.29) is 0 Å². The van der Waals surface area contributed by atoms with Gasteiger partial charge in [-0.05, 0) is 49.6 Å². The number of hydrogen-bond acceptors (Lipinski definition) is 2. The first-order chi connectivity index (χ1) is 12.1. The van der Waals surface area contributed by atoms with Gasteiger partial charge < -0.3 is 19.5 Å². The summed E-state index contributed by atoms with van der Waals surface area (Å²) in [7, 11) is 5.85. The molecule has 1 aromatic carbocycles. The molecule has 0 radical (unpaired) electrons. The highest BCUT2D eigenvalue weighted by molar-refractivity contribution is 5.79. The molecule has 0 saturated heterocycles. The first-order valence-corrected chi connectivity index (χ1v) is 8.86. The van der Waals surface area contributed by atoms with Gasteiger partial charge in [-0.2, -0.15) is 0 Å². The lowest BCUT2D eigenvalue weighted by molar-refractivity contribution is 0.414. The van der Waals surface area contributed by atoms with Crippen LogP contribution in [0.1, 0.15) is 24.6 Å². The molecular weight excluding hydrogens is 312 g/mol. The molecule has 0 spiro atoms. The van der Waals surface area contributed by atoms with Crippen LogP contribution in [-0.2, 0) is 20.0 Å². The van der Waals surface area contributed by atoms with Gasteiger partial charge in [0, 0.05) is 39.1 Å². The van der Waals surface area contributed by atoms with Gasteiger partial charge in [0.15, 0.2) is 5.96 Å². The Morgan fingerprint density at radius 3 is 2.80 bits per heavy atom. The van der Waals surface area contributed by atoms with E-state index in [2.05, 4.69) is 66.3 Å². The van der Waals surface area contributed by atoms with Crippen LogP contribution in [0, 0.1) is 0 Å². The summed E-state index contributed by atoms with van der Waals surface area (Å²) >= 11 is 0. The van der Waals surface area contributed by atoms with E-state index in [1.807, 2.05) is 12.1 Å². The highest BCUT2D eigenvalue weighted by Crippen LogP contribution is 2.14. The third-order valence-corrected chi connectivity index (χ3v) is 4.17. The van der Waals surface area contributed by atoms with Gasteiger partial charge in [0.05, 0.1) is 13.7 Å². The molecule has 0 aliphatic heterocycles. The number of aryl methyl sites for hydroxylation is 2. The van der Waals surface area contributed by atoms with E-state index in [9.17, 15) is 0 Å². The Morgan fingerprint density at radius 1 is 1.28 bits per heavy atom. The van der Waals surface area contributed by atoms with Crippen molar-refractivity contribution in [2.24, 2.45) is 12.0 Å². The Kier molecular flexibility index (Phi) is 7.38. The Hall–Kier alpha value is -2.43. The van der Waals surface area contributed by atoms with Gasteiger partial charge in [-0.1, -0.05) is 12.1 Å². The molecule has 0 amide bonds. The van der Waals surface area contributed by atoms with Gasteiger partial charge in [-0.15, -0.1) is 0 Å². The van der Waals surface area contributed by atoms with Crippen molar-refractivity contribution in [3.63, 3.8) is 0 Å². The van der Waals surface area contributed by atoms with E-state index in [0.29, 0.717) is 0 Å². The molecule has 0 bridgehead atoms. The summed E-state index contributed by atoms with van der Waals surface area (Å²) in [6, 6.07) is 12.5. The van der Waals surface area contributed by atoms with E-state index >= 15 is 0 Å². The van der Waals surface area contributed by atoms with E-state index < -0.39 is 0 Å². The SMILES string of the molecule is CCNC(=NCCCc1cccc(OC)c1)N(C)Cc1cccn1C. The number of nitrogens with zero attached hydrogens (tertiary/aromatic N) is 3. The van der Waals surface area contributed by atoms with E-state index in [4.69, 9.17) is 9.73 Å². The summed E-state index contributed by atoms with van der Waals surface area (Å²) < 4.78 is 7.42. The molecule has 2 rings (SSSR count). The normalized spacial score (nSPS) is 11.4. The average molecular weight is 342 g/mol. The second-order valence-electron chi connectivity index (χ2n) is 6.16. The van der Waals surface area contributed by atoms with Crippen molar-refractivity contribution in [1.82, 2.24) is 14.8 Å². The van der Waals surface area contributed by atoms with Gasteiger partial charge >= 0.3 is 0 Å². The number of aliphatic imine (C=N–C) groups is 1. The molecule has 2 aromatic rings. The van der Waals surface area contributed by atoms with Crippen LogP contribution in [0.2, 0.25) is 0 Å². The molecule has 0 saturated carbocycles. The molecule has 136 valence electrons. The molecule has 0 aliphatic carbocycles. The Morgan fingerprint density at radius 2 is 2.12 bits per heavy atom. The largest absolute Gasteiger partial charge is 0.497 e. The average Bonchev–Trinajstić information content (AvgIpc) is 3.02. The van der Waals surface area contributed by atoms with Crippen LogP contribution in [0.4, 0.5) is 0 Å². The molecule has 1 heterocycles. The Labute approximate surface area is 151 Å². The maximum absolute atomic E-state index is 5.28. The van der Waals surface area contributed by atoms with E-state index in [1.165, 1.54) is 11.3 Å². The van der Waals surface area contributed by atoms with Gasteiger partial charge in [0.25, 0.3) is 0 Å². The summed E-state index contributed by atoms with van der Waals surface area (Å²) in [6.07, 6.45) is 4.09. The van der Waals surface area contributed by atoms with E-state index in [0.717, 1.165) is 44.2 Å². The highest BCUT2D eigenvalue weighted by atomic mass is 16.5. The Bertz CT molecular complexity index is 678. The second-order valence-corrected chi connectivity index (χ2v) is 6.16. The van der Waals surface area contributed by atoms with Crippen LogP contribution < -0.4 is 10.1 Å². The summed E-state index contributed by atoms with van der Waals surface area (Å²) in [5, 5.41) is 3.38. The second kappa shape index (κ2) is 9.77. The Balaban J connectivity index is 1.89. The highest BCUT2D eigenvalue weighted by Gasteiger charge is 2.08. The summed E-state index contributed by atoms with van der Waals surface area (Å²) in [6.45, 7) is 4.61. The predicted molar refractivity (Wildman–Crippen MR) is 104 cm³/mol. The molecule has 0 aliphatic rings. The first kappa shape index (κ1) is 18.9. The quantitative estimate of drug-likeness (QED) is 0.455. The number of nitrogens with one attached hydrogen (secondary N) is 1. The standard InChI is InChI=1S/C20H30N4O/c1-5-21-20(24(3)16-18-11-8-14-23(18)2)22-13-7-10-17-9-6-12-19(15-17)25-4/h6,8-9,11-12,14-15H,5,7,10,13,16H2,1-4H3,(H,21,22). The summed E-state index contributed by atoms with van der Waals surface area (Å²) in [5.41, 5.74) is 2.56. The van der Waals surface area contributed by atoms with Crippen LogP contribution in [0.15, 0.2) is 47.6 Å². The number of methoxy groups -OCH3 is 1. The lowest BCUT2D eigenvalue weighted by Crippen LogP contribution is -2.38. The lowest BCUT2D eigenvalue weighted by atomic mass is 10.1. The van der Waals surface area contributed by atoms with Crippen molar-refractivity contribution in [3.8, 4) is 5.75 Å². The fourth-order valence-corrected chi connectivity index (χ4v) is 2.74. The number of ether oxygens (including phenoxy) is 1. The lowest BCUT2D eigenvalue weighted by Gasteiger charge is -2.22. The molecule has 0 fully saturated rings. The number of aromatic nitrogens is 1. The monoisotopic (exact) mass is 342 g/mol. The van der Waals surface area contributed by atoms with Crippen LogP contribution in [0.3, 0.4) is 0 Å². The van der Waals surface area contributed by atoms with Crippen molar-refractivity contribution in [2.45, 2.75) is 26.3 Å². The zero-order valence-corrected chi connectivity index (χ0v) is 15.8. The number of hydrogen-bond donors (Lipinski definition) is 1. The molecule has 5 nitrogen and oxygen atoms in total. The third kappa shape index (κ3) is 5.85. The van der Waals surface area contributed by atoms with Crippen LogP contribution in [0.5, 0.6) is 5.75 Å². The van der Waals surface area contributed by atoms with Gasteiger partial charge in [-0.3, -0.25) is 4.99 Å². The fraction of sp³-hybridized carbons (Fsp3) is 0.450. The number of benzene rings is 1. The van der Waals surface area contributed by atoms with Crippen LogP contribution in [0.25, 0.3) is 0 Å². The summed E-state index contributed by atoms with van der Waals surface area (Å²) in [5.74, 6) is 1.87. The molecule has 0 unspecified atom stereocenters. The van der Waals surface area contributed by atoms with Crippen LogP contribution >= 0.6 is 0 Å². The van der Waals surface area contributed by atoms with Crippen molar-refractivity contribution in [1.29, 1.82) is 0 Å². The van der Waals surface area contributed by atoms with Gasteiger partial charge in [0.1, 0.15) is 5.75 Å². The number of guanidine groups is 1. The zero-order chi connectivity index (χ0) is 18.1. The third-order valence-electron chi connectivity index (χ3n) is 4.17. The first-order valence-electron chi connectivity index (χ1n) is 8.86. The van der Waals surface area contributed by atoms with Crippen LogP contribution in [-0.4, -0.2) is 42.7 Å².